The molecule has 0 saturated heterocycles. The summed E-state index contributed by atoms with van der Waals surface area (Å²) >= 11 is 3.86. The Morgan fingerprint density at radius 1 is 1.34 bits per heavy atom. The van der Waals surface area contributed by atoms with Gasteiger partial charge in [0.15, 0.2) is 0 Å². The van der Waals surface area contributed by atoms with Gasteiger partial charge in [-0.25, -0.2) is 4.98 Å². The number of fused-ring (bicyclic) bond motifs is 1. The Morgan fingerprint density at radius 2 is 2.09 bits per heavy atom. The number of aryl methyl sites for hydroxylation is 1. The molecule has 2 aromatic heterocycles. The van der Waals surface area contributed by atoms with Crippen molar-refractivity contribution in [3.63, 3.8) is 0 Å². The summed E-state index contributed by atoms with van der Waals surface area (Å²) in [6.45, 7) is 11.8. The van der Waals surface area contributed by atoms with Gasteiger partial charge in [0.1, 0.15) is 5.65 Å². The maximum absolute atomic E-state index is 4.48. The van der Waals surface area contributed by atoms with Gasteiger partial charge in [-0.15, -0.1) is 11.8 Å². The lowest BCUT2D eigenvalue weighted by atomic mass is 9.94. The second-order valence-corrected chi connectivity index (χ2v) is 11.4. The molecule has 2 aromatic rings. The number of rotatable bonds is 6. The van der Waals surface area contributed by atoms with E-state index >= 15 is 0 Å². The van der Waals surface area contributed by atoms with Crippen LogP contribution < -0.4 is 10.2 Å². The van der Waals surface area contributed by atoms with Crippen LogP contribution in [0.2, 0.25) is 0 Å². The molecule has 3 heterocycles. The van der Waals surface area contributed by atoms with E-state index in [1.807, 2.05) is 36.1 Å². The Kier molecular flexibility index (Phi) is 9.44. The minimum absolute atomic E-state index is 0.486. The fourth-order valence-electron chi connectivity index (χ4n) is 4.24. The van der Waals surface area contributed by atoms with Crippen LogP contribution in [0.1, 0.15) is 51.5 Å². The second kappa shape index (κ2) is 12.1. The zero-order valence-electron chi connectivity index (χ0n) is 20.3. The number of aromatic amines is 1. The molecule has 176 valence electrons. The first-order chi connectivity index (χ1) is 15.4. The predicted octanol–water partition coefficient (Wildman–Crippen LogP) is 6.31. The molecule has 0 aromatic carbocycles. The van der Waals surface area contributed by atoms with Crippen molar-refractivity contribution >= 4 is 40.4 Å². The van der Waals surface area contributed by atoms with Crippen LogP contribution in [-0.4, -0.2) is 52.0 Å². The molecule has 2 aliphatic rings. The molecule has 1 aliphatic heterocycles. The Labute approximate surface area is 202 Å². The van der Waals surface area contributed by atoms with Crippen molar-refractivity contribution in [1.82, 2.24) is 19.6 Å². The van der Waals surface area contributed by atoms with E-state index in [1.165, 1.54) is 53.6 Å². The SMILES string of the molecule is C=C(NC1CCCCC1SN(C)C)C1=CN(c2ccnc3[nH]cc(C)c23)CCS1.CCC. The number of thioether (sulfide) groups is 1. The molecular weight excluding hydrogens is 434 g/mol. The van der Waals surface area contributed by atoms with E-state index in [9.17, 15) is 0 Å². The van der Waals surface area contributed by atoms with E-state index in [-0.39, 0.29) is 0 Å². The average molecular weight is 474 g/mol. The third-order valence-corrected chi connectivity index (χ3v) is 7.93. The standard InChI is InChI=1S/C22H31N5S2.C3H8/c1-15-13-24-22-21(15)18(9-10-23-22)27-11-12-28-20(14-27)16(2)25-17-7-5-6-8-19(17)29-26(3)4;1-3-2/h9-10,13-14,17,19,25H,2,5-8,11-12H2,1,3-4H3,(H,23,24);3H2,1-2H3. The Hall–Kier alpha value is -1.57. The number of anilines is 1. The molecule has 5 nitrogen and oxygen atoms in total. The molecule has 1 fully saturated rings. The van der Waals surface area contributed by atoms with E-state index < -0.39 is 0 Å². The first kappa shape index (κ1) is 25.1. The van der Waals surface area contributed by atoms with E-state index in [0.29, 0.717) is 11.3 Å². The lowest BCUT2D eigenvalue weighted by molar-refractivity contribution is 0.406. The molecule has 4 rings (SSSR count). The van der Waals surface area contributed by atoms with Crippen molar-refractivity contribution in [2.24, 2.45) is 0 Å². The van der Waals surface area contributed by atoms with E-state index in [2.05, 4.69) is 78.2 Å². The van der Waals surface area contributed by atoms with E-state index in [1.54, 1.807) is 0 Å². The van der Waals surface area contributed by atoms with Gasteiger partial charge < -0.3 is 15.2 Å². The number of nitrogens with zero attached hydrogens (tertiary/aromatic N) is 3. The number of hydrogen-bond donors (Lipinski definition) is 2. The van der Waals surface area contributed by atoms with Gasteiger partial charge in [0, 0.05) is 58.2 Å². The molecule has 2 N–H and O–H groups in total. The van der Waals surface area contributed by atoms with Crippen molar-refractivity contribution in [3.8, 4) is 0 Å². The molecular formula is C25H39N5S2. The van der Waals surface area contributed by atoms with E-state index in [4.69, 9.17) is 0 Å². The zero-order valence-corrected chi connectivity index (χ0v) is 21.9. The fraction of sp³-hybridized carbons (Fsp3) is 0.560. The van der Waals surface area contributed by atoms with Crippen LogP contribution >= 0.6 is 23.7 Å². The van der Waals surface area contributed by atoms with Gasteiger partial charge in [-0.05, 0) is 45.5 Å². The first-order valence-electron chi connectivity index (χ1n) is 11.8. The minimum atomic E-state index is 0.486. The molecule has 1 saturated carbocycles. The largest absolute Gasteiger partial charge is 0.381 e. The molecule has 0 bridgehead atoms. The van der Waals surface area contributed by atoms with Crippen molar-refractivity contribution in [1.29, 1.82) is 0 Å². The summed E-state index contributed by atoms with van der Waals surface area (Å²) in [5, 5.41) is 5.61. The van der Waals surface area contributed by atoms with Crippen LogP contribution in [-0.2, 0) is 0 Å². The predicted molar refractivity (Wildman–Crippen MR) is 144 cm³/mol. The summed E-state index contributed by atoms with van der Waals surface area (Å²) in [6, 6.07) is 2.61. The van der Waals surface area contributed by atoms with Crippen LogP contribution in [0.25, 0.3) is 11.0 Å². The molecule has 0 amide bonds. The minimum Gasteiger partial charge on any atom is -0.381 e. The monoisotopic (exact) mass is 473 g/mol. The summed E-state index contributed by atoms with van der Waals surface area (Å²) in [5.41, 5.74) is 4.47. The van der Waals surface area contributed by atoms with Gasteiger partial charge in [0.2, 0.25) is 0 Å². The van der Waals surface area contributed by atoms with Crippen molar-refractivity contribution < 1.29 is 0 Å². The van der Waals surface area contributed by atoms with Crippen LogP contribution in [0.3, 0.4) is 0 Å². The normalized spacial score (nSPS) is 21.2. The van der Waals surface area contributed by atoms with E-state index in [0.717, 1.165) is 23.6 Å². The topological polar surface area (TPSA) is 47.2 Å². The Bertz CT molecular complexity index is 920. The summed E-state index contributed by atoms with van der Waals surface area (Å²) < 4.78 is 2.23. The third-order valence-electron chi connectivity index (χ3n) is 5.63. The van der Waals surface area contributed by atoms with Gasteiger partial charge in [-0.3, -0.25) is 4.31 Å². The number of aromatic nitrogens is 2. The summed E-state index contributed by atoms with van der Waals surface area (Å²) in [5.74, 6) is 1.06. The highest BCUT2D eigenvalue weighted by molar-refractivity contribution is 8.03. The summed E-state index contributed by atoms with van der Waals surface area (Å²) in [6.07, 6.45) is 12.6. The lowest BCUT2D eigenvalue weighted by Crippen LogP contribution is -2.41. The highest BCUT2D eigenvalue weighted by atomic mass is 32.2. The third kappa shape index (κ3) is 6.27. The zero-order chi connectivity index (χ0) is 23.1. The molecule has 7 heteroatoms. The van der Waals surface area contributed by atoms with Crippen LogP contribution in [0.15, 0.2) is 41.8 Å². The van der Waals surface area contributed by atoms with Gasteiger partial charge in [-0.1, -0.05) is 51.6 Å². The number of pyridine rings is 1. The molecule has 2 atom stereocenters. The van der Waals surface area contributed by atoms with Gasteiger partial charge in [0.05, 0.1) is 5.69 Å². The lowest BCUT2D eigenvalue weighted by Gasteiger charge is -2.35. The van der Waals surface area contributed by atoms with Crippen LogP contribution in [0, 0.1) is 6.92 Å². The quantitative estimate of drug-likeness (QED) is 0.480. The van der Waals surface area contributed by atoms with Gasteiger partial charge >= 0.3 is 0 Å². The highest BCUT2D eigenvalue weighted by Gasteiger charge is 2.28. The van der Waals surface area contributed by atoms with Crippen molar-refractivity contribution in [2.45, 2.75) is 64.2 Å². The summed E-state index contributed by atoms with van der Waals surface area (Å²) in [7, 11) is 4.28. The molecule has 2 unspecified atom stereocenters. The molecule has 32 heavy (non-hydrogen) atoms. The molecule has 1 aliphatic carbocycles. The Morgan fingerprint density at radius 3 is 2.84 bits per heavy atom. The number of H-pyrrole nitrogens is 1. The van der Waals surface area contributed by atoms with Crippen molar-refractivity contribution in [2.75, 3.05) is 31.3 Å². The Balaban J connectivity index is 0.000000913. The van der Waals surface area contributed by atoms with Crippen molar-refractivity contribution in [3.05, 3.63) is 47.4 Å². The van der Waals surface area contributed by atoms with Crippen LogP contribution in [0.4, 0.5) is 5.69 Å². The number of hydrogen-bond acceptors (Lipinski definition) is 6. The maximum Gasteiger partial charge on any atom is 0.139 e. The average Bonchev–Trinajstić information content (AvgIpc) is 3.16. The fourth-order valence-corrected chi connectivity index (χ4v) is 6.35. The molecule has 0 spiro atoms. The van der Waals surface area contributed by atoms with Gasteiger partial charge in [0.25, 0.3) is 0 Å². The smallest absolute Gasteiger partial charge is 0.139 e. The maximum atomic E-state index is 4.48. The summed E-state index contributed by atoms with van der Waals surface area (Å²) in [4.78, 5) is 11.4. The highest BCUT2D eigenvalue weighted by Crippen LogP contribution is 2.35. The molecule has 0 radical (unpaired) electrons. The second-order valence-electron chi connectivity index (χ2n) is 8.74. The van der Waals surface area contributed by atoms with Crippen LogP contribution in [0.5, 0.6) is 0 Å². The van der Waals surface area contributed by atoms with Gasteiger partial charge in [-0.2, -0.15) is 0 Å². The number of nitrogens with one attached hydrogen (secondary N) is 2. The first-order valence-corrected chi connectivity index (χ1v) is 13.6.